The van der Waals surface area contributed by atoms with Crippen LogP contribution in [-0.4, -0.2) is 39.8 Å². The molecule has 0 saturated heterocycles. The van der Waals surface area contributed by atoms with Crippen LogP contribution < -0.4 is 15.0 Å². The first kappa shape index (κ1) is 21.0. The number of carbonyl (C=O) groups excluding carboxylic acids is 1. The molecule has 25 heavy (non-hydrogen) atoms. The van der Waals surface area contributed by atoms with Crippen LogP contribution in [0.25, 0.3) is 0 Å². The zero-order chi connectivity index (χ0) is 17.2. The molecule has 0 atom stereocenters. The smallest absolute Gasteiger partial charge is 0.241 e. The fourth-order valence-corrected chi connectivity index (χ4v) is 2.32. The number of amides is 1. The zero-order valence-electron chi connectivity index (χ0n) is 14.6. The van der Waals surface area contributed by atoms with E-state index in [1.54, 1.807) is 19.1 Å². The predicted molar refractivity (Wildman–Crippen MR) is 103 cm³/mol. The summed E-state index contributed by atoms with van der Waals surface area (Å²) in [4.78, 5) is 14.4. The summed E-state index contributed by atoms with van der Waals surface area (Å²) in [6.45, 7) is 2.01. The van der Waals surface area contributed by atoms with Crippen molar-refractivity contribution in [1.82, 2.24) is 5.32 Å². The monoisotopic (exact) mass is 364 g/mol. The van der Waals surface area contributed by atoms with Gasteiger partial charge in [0.05, 0.1) is 26.8 Å². The van der Waals surface area contributed by atoms with Gasteiger partial charge in [0.1, 0.15) is 5.75 Å². The number of hydrogen-bond donors (Lipinski definition) is 1. The van der Waals surface area contributed by atoms with E-state index in [9.17, 15) is 4.79 Å². The van der Waals surface area contributed by atoms with Gasteiger partial charge in [-0.25, -0.2) is 0 Å². The van der Waals surface area contributed by atoms with E-state index in [1.807, 2.05) is 54.6 Å². The van der Waals surface area contributed by atoms with Gasteiger partial charge in [0.15, 0.2) is 0 Å². The fourth-order valence-electron chi connectivity index (χ4n) is 2.32. The molecule has 1 N–H and O–H groups in total. The van der Waals surface area contributed by atoms with Crippen LogP contribution >= 0.6 is 12.4 Å². The molecule has 0 radical (unpaired) electrons. The van der Waals surface area contributed by atoms with Crippen LogP contribution in [0.1, 0.15) is 5.56 Å². The van der Waals surface area contributed by atoms with Gasteiger partial charge >= 0.3 is 0 Å². The van der Waals surface area contributed by atoms with Gasteiger partial charge in [-0.15, -0.1) is 12.4 Å². The van der Waals surface area contributed by atoms with Crippen molar-refractivity contribution in [2.45, 2.75) is 6.54 Å². The van der Waals surface area contributed by atoms with Crippen molar-refractivity contribution in [2.75, 3.05) is 38.8 Å². The molecule has 2 aromatic carbocycles. The highest BCUT2D eigenvalue weighted by Gasteiger charge is 2.16. The van der Waals surface area contributed by atoms with Crippen LogP contribution in [0, 0.1) is 0 Å². The number of anilines is 1. The van der Waals surface area contributed by atoms with Gasteiger partial charge in [-0.1, -0.05) is 30.3 Å². The Bertz CT molecular complexity index is 620. The van der Waals surface area contributed by atoms with E-state index in [0.717, 1.165) is 17.0 Å². The first-order valence-corrected chi connectivity index (χ1v) is 7.92. The minimum absolute atomic E-state index is 0. The lowest BCUT2D eigenvalue weighted by atomic mass is 10.2. The highest BCUT2D eigenvalue weighted by Crippen LogP contribution is 2.21. The predicted octanol–water partition coefficient (Wildman–Crippen LogP) is 2.89. The average molecular weight is 365 g/mol. The lowest BCUT2D eigenvalue weighted by Crippen LogP contribution is -2.38. The molecule has 0 bridgehead atoms. The largest absolute Gasteiger partial charge is 0.497 e. The number of nitrogens with one attached hydrogen (secondary N) is 1. The van der Waals surface area contributed by atoms with Crippen LogP contribution in [-0.2, 0) is 16.1 Å². The first-order chi connectivity index (χ1) is 11.7. The Labute approximate surface area is 155 Å². The Morgan fingerprint density at radius 3 is 2.32 bits per heavy atom. The second kappa shape index (κ2) is 11.5. The summed E-state index contributed by atoms with van der Waals surface area (Å²) < 4.78 is 10.2. The first-order valence-electron chi connectivity index (χ1n) is 7.92. The van der Waals surface area contributed by atoms with Crippen molar-refractivity contribution in [2.24, 2.45) is 0 Å². The maximum atomic E-state index is 12.7. The van der Waals surface area contributed by atoms with E-state index in [0.29, 0.717) is 19.7 Å². The van der Waals surface area contributed by atoms with Crippen LogP contribution in [0.5, 0.6) is 5.75 Å². The van der Waals surface area contributed by atoms with Crippen LogP contribution in [0.15, 0.2) is 54.6 Å². The Morgan fingerprint density at radius 1 is 1.04 bits per heavy atom. The van der Waals surface area contributed by atoms with Crippen molar-refractivity contribution in [3.63, 3.8) is 0 Å². The van der Waals surface area contributed by atoms with Crippen molar-refractivity contribution in [3.8, 4) is 5.75 Å². The molecule has 0 unspecified atom stereocenters. The molecular formula is C19H25ClN2O3. The molecule has 2 aromatic rings. The minimum Gasteiger partial charge on any atom is -0.497 e. The Balaban J connectivity index is 0.00000312. The molecule has 0 aliphatic carbocycles. The molecule has 136 valence electrons. The Morgan fingerprint density at radius 2 is 1.72 bits per heavy atom. The molecule has 2 rings (SSSR count). The van der Waals surface area contributed by atoms with E-state index in [1.165, 1.54) is 0 Å². The highest BCUT2D eigenvalue weighted by atomic mass is 35.5. The quantitative estimate of drug-likeness (QED) is 0.695. The van der Waals surface area contributed by atoms with E-state index in [2.05, 4.69) is 5.32 Å². The van der Waals surface area contributed by atoms with E-state index >= 15 is 0 Å². The summed E-state index contributed by atoms with van der Waals surface area (Å²) in [5.74, 6) is 0.782. The number of rotatable bonds is 9. The summed E-state index contributed by atoms with van der Waals surface area (Å²) in [6, 6.07) is 17.5. The van der Waals surface area contributed by atoms with E-state index < -0.39 is 0 Å². The minimum atomic E-state index is 0. The van der Waals surface area contributed by atoms with Gasteiger partial charge in [0, 0.05) is 19.3 Å². The maximum absolute atomic E-state index is 12.7. The lowest BCUT2D eigenvalue weighted by molar-refractivity contribution is -0.118. The van der Waals surface area contributed by atoms with Gasteiger partial charge in [-0.05, 0) is 29.8 Å². The molecule has 5 nitrogen and oxygen atoms in total. The standard InChI is InChI=1S/C19H24N2O3.ClH/c1-23-13-12-20-14-19(22)21(15-16-6-4-3-5-7-16)17-8-10-18(24-2)11-9-17;/h3-11,20H,12-15H2,1-2H3;1H. The normalized spacial score (nSPS) is 10.0. The number of carbonyl (C=O) groups is 1. The second-order valence-electron chi connectivity index (χ2n) is 5.33. The van der Waals surface area contributed by atoms with Crippen molar-refractivity contribution in [3.05, 3.63) is 60.2 Å². The number of halogens is 1. The topological polar surface area (TPSA) is 50.8 Å². The third-order valence-corrected chi connectivity index (χ3v) is 3.63. The highest BCUT2D eigenvalue weighted by molar-refractivity contribution is 5.94. The van der Waals surface area contributed by atoms with Gasteiger partial charge in [-0.3, -0.25) is 4.79 Å². The molecule has 0 spiro atoms. The second-order valence-corrected chi connectivity index (χ2v) is 5.33. The van der Waals surface area contributed by atoms with Crippen molar-refractivity contribution >= 4 is 24.0 Å². The van der Waals surface area contributed by atoms with Gasteiger partial charge in [-0.2, -0.15) is 0 Å². The molecular weight excluding hydrogens is 340 g/mol. The molecule has 0 fully saturated rings. The van der Waals surface area contributed by atoms with Crippen LogP contribution in [0.4, 0.5) is 5.69 Å². The molecule has 6 heteroatoms. The Hall–Kier alpha value is -2.08. The summed E-state index contributed by atoms with van der Waals surface area (Å²) in [6.07, 6.45) is 0. The summed E-state index contributed by atoms with van der Waals surface area (Å²) in [5.41, 5.74) is 1.93. The van der Waals surface area contributed by atoms with Crippen molar-refractivity contribution < 1.29 is 14.3 Å². The summed E-state index contributed by atoms with van der Waals surface area (Å²) in [5, 5.41) is 3.10. The van der Waals surface area contributed by atoms with Crippen molar-refractivity contribution in [1.29, 1.82) is 0 Å². The number of hydrogen-bond acceptors (Lipinski definition) is 4. The molecule has 0 aliphatic rings. The molecule has 0 heterocycles. The summed E-state index contributed by atoms with van der Waals surface area (Å²) >= 11 is 0. The van der Waals surface area contributed by atoms with E-state index in [4.69, 9.17) is 9.47 Å². The van der Waals surface area contributed by atoms with Crippen LogP contribution in [0.2, 0.25) is 0 Å². The molecule has 0 aromatic heterocycles. The summed E-state index contributed by atoms with van der Waals surface area (Å²) in [7, 11) is 3.27. The Kier molecular flexibility index (Phi) is 9.62. The number of benzene rings is 2. The number of nitrogens with zero attached hydrogens (tertiary/aromatic N) is 1. The zero-order valence-corrected chi connectivity index (χ0v) is 15.4. The number of ether oxygens (including phenoxy) is 2. The SMILES string of the molecule is COCCNCC(=O)N(Cc1ccccc1)c1ccc(OC)cc1.Cl. The number of methoxy groups -OCH3 is 2. The third-order valence-electron chi connectivity index (χ3n) is 3.63. The average Bonchev–Trinajstić information content (AvgIpc) is 2.64. The molecule has 0 saturated carbocycles. The van der Waals surface area contributed by atoms with Crippen LogP contribution in [0.3, 0.4) is 0 Å². The third kappa shape index (κ3) is 6.74. The van der Waals surface area contributed by atoms with E-state index in [-0.39, 0.29) is 24.9 Å². The van der Waals surface area contributed by atoms with Gasteiger partial charge in [0.2, 0.25) is 5.91 Å². The van der Waals surface area contributed by atoms with Gasteiger partial charge < -0.3 is 19.7 Å². The van der Waals surface area contributed by atoms with Gasteiger partial charge in [0.25, 0.3) is 0 Å². The molecule has 1 amide bonds. The molecule has 0 aliphatic heterocycles. The maximum Gasteiger partial charge on any atom is 0.241 e. The lowest BCUT2D eigenvalue weighted by Gasteiger charge is -2.23. The fraction of sp³-hybridized carbons (Fsp3) is 0.316.